The summed E-state index contributed by atoms with van der Waals surface area (Å²) in [5.74, 6) is 0.273. The van der Waals surface area contributed by atoms with Crippen molar-refractivity contribution in [2.24, 2.45) is 0 Å². The van der Waals surface area contributed by atoms with Gasteiger partial charge >= 0.3 is 5.97 Å². The van der Waals surface area contributed by atoms with Gasteiger partial charge in [0.15, 0.2) is 0 Å². The molecule has 0 spiro atoms. The van der Waals surface area contributed by atoms with Crippen molar-refractivity contribution < 1.29 is 14.3 Å². The summed E-state index contributed by atoms with van der Waals surface area (Å²) in [5.41, 5.74) is 2.44. The van der Waals surface area contributed by atoms with E-state index in [1.165, 1.54) is 0 Å². The third-order valence-corrected chi connectivity index (χ3v) is 3.22. The third kappa shape index (κ3) is 2.69. The summed E-state index contributed by atoms with van der Waals surface area (Å²) in [6.07, 6.45) is 2.89. The van der Waals surface area contributed by atoms with Crippen molar-refractivity contribution in [3.63, 3.8) is 0 Å². The van der Waals surface area contributed by atoms with Crippen LogP contribution in [-0.2, 0) is 4.79 Å². The number of carboxylic acid groups (broad SMARTS) is 1. The number of fused-ring (bicyclic) bond motifs is 1. The van der Waals surface area contributed by atoms with Gasteiger partial charge in [0.1, 0.15) is 11.5 Å². The van der Waals surface area contributed by atoms with Crippen molar-refractivity contribution in [2.75, 3.05) is 0 Å². The van der Waals surface area contributed by atoms with Crippen molar-refractivity contribution in [3.05, 3.63) is 60.5 Å². The molecule has 0 atom stereocenters. The number of aromatic nitrogens is 1. The molecule has 0 radical (unpaired) electrons. The minimum absolute atomic E-state index is 0.554. The molecule has 2 aromatic heterocycles. The second-order valence-electron chi connectivity index (χ2n) is 4.74. The van der Waals surface area contributed by atoms with Crippen LogP contribution in [0.2, 0.25) is 0 Å². The molecule has 2 heterocycles. The third-order valence-electron chi connectivity index (χ3n) is 3.22. The lowest BCUT2D eigenvalue weighted by molar-refractivity contribution is -0.131. The summed E-state index contributed by atoms with van der Waals surface area (Å²) in [5, 5.41) is 9.80. The van der Waals surface area contributed by atoms with Gasteiger partial charge < -0.3 is 9.52 Å². The molecule has 0 aliphatic carbocycles. The van der Waals surface area contributed by atoms with Crippen molar-refractivity contribution in [3.8, 4) is 11.3 Å². The molecule has 0 fully saturated rings. The van der Waals surface area contributed by atoms with E-state index >= 15 is 0 Å². The van der Waals surface area contributed by atoms with Gasteiger partial charge in [-0.05, 0) is 48.9 Å². The number of rotatable bonds is 3. The fourth-order valence-electron chi connectivity index (χ4n) is 2.19. The molecule has 0 aliphatic heterocycles. The highest BCUT2D eigenvalue weighted by Gasteiger charge is 2.08. The van der Waals surface area contributed by atoms with Crippen LogP contribution in [-0.4, -0.2) is 16.1 Å². The molecule has 0 saturated carbocycles. The first-order chi connectivity index (χ1) is 10.1. The van der Waals surface area contributed by atoms with E-state index in [2.05, 4.69) is 4.98 Å². The number of furan rings is 1. The molecular weight excluding hydrogens is 266 g/mol. The standard InChI is InChI=1S/C17H13NO3/c1-11(9-17(19)20)15-6-7-16(21-15)13-4-5-14-12(10-13)3-2-8-18-14/h2-10H,1H3,(H,19,20)/b11-9+. The van der Waals surface area contributed by atoms with Gasteiger partial charge in [-0.3, -0.25) is 4.98 Å². The van der Waals surface area contributed by atoms with E-state index in [-0.39, 0.29) is 0 Å². The Hall–Kier alpha value is -2.88. The Morgan fingerprint density at radius 1 is 1.24 bits per heavy atom. The second kappa shape index (κ2) is 5.25. The number of nitrogens with zero attached hydrogens (tertiary/aromatic N) is 1. The molecule has 4 nitrogen and oxygen atoms in total. The van der Waals surface area contributed by atoms with Gasteiger partial charge in [-0.1, -0.05) is 6.07 Å². The van der Waals surface area contributed by atoms with Crippen LogP contribution in [0.5, 0.6) is 0 Å². The molecule has 4 heteroatoms. The number of carboxylic acids is 1. The highest BCUT2D eigenvalue weighted by atomic mass is 16.4. The van der Waals surface area contributed by atoms with E-state index in [0.717, 1.165) is 22.5 Å². The quantitative estimate of drug-likeness (QED) is 0.736. The zero-order valence-corrected chi connectivity index (χ0v) is 11.4. The fourth-order valence-corrected chi connectivity index (χ4v) is 2.19. The summed E-state index contributed by atoms with van der Waals surface area (Å²) >= 11 is 0. The maximum atomic E-state index is 10.7. The Kier molecular flexibility index (Phi) is 3.28. The molecule has 0 bridgehead atoms. The summed E-state index contributed by atoms with van der Waals surface area (Å²) < 4.78 is 5.73. The summed E-state index contributed by atoms with van der Waals surface area (Å²) in [6, 6.07) is 13.4. The normalized spacial score (nSPS) is 11.8. The molecule has 0 saturated heterocycles. The van der Waals surface area contributed by atoms with Crippen molar-refractivity contribution >= 4 is 22.4 Å². The lowest BCUT2D eigenvalue weighted by Crippen LogP contribution is -1.88. The molecule has 1 N–H and O–H groups in total. The number of hydrogen-bond acceptors (Lipinski definition) is 3. The maximum Gasteiger partial charge on any atom is 0.328 e. The number of carbonyl (C=O) groups is 1. The second-order valence-corrected chi connectivity index (χ2v) is 4.74. The number of benzene rings is 1. The van der Waals surface area contributed by atoms with Crippen LogP contribution in [0.25, 0.3) is 27.8 Å². The molecule has 1 aromatic carbocycles. The Labute approximate surface area is 121 Å². The van der Waals surface area contributed by atoms with Crippen LogP contribution in [0.15, 0.2) is 59.2 Å². The van der Waals surface area contributed by atoms with E-state index in [9.17, 15) is 4.79 Å². The number of aliphatic carboxylic acids is 1. The smallest absolute Gasteiger partial charge is 0.328 e. The van der Waals surface area contributed by atoms with Crippen molar-refractivity contribution in [2.45, 2.75) is 6.92 Å². The highest BCUT2D eigenvalue weighted by molar-refractivity contribution is 5.89. The largest absolute Gasteiger partial charge is 0.478 e. The fraction of sp³-hybridized carbons (Fsp3) is 0.0588. The van der Waals surface area contributed by atoms with Crippen LogP contribution in [0, 0.1) is 0 Å². The van der Waals surface area contributed by atoms with Gasteiger partial charge in [0.25, 0.3) is 0 Å². The zero-order valence-electron chi connectivity index (χ0n) is 11.4. The zero-order chi connectivity index (χ0) is 14.8. The van der Waals surface area contributed by atoms with Crippen LogP contribution >= 0.6 is 0 Å². The first-order valence-corrected chi connectivity index (χ1v) is 6.50. The minimum atomic E-state index is -0.984. The number of pyridine rings is 1. The Morgan fingerprint density at radius 3 is 2.90 bits per heavy atom. The van der Waals surface area contributed by atoms with E-state index < -0.39 is 5.97 Å². The van der Waals surface area contributed by atoms with Gasteiger partial charge in [0, 0.05) is 23.2 Å². The molecular formula is C17H13NO3. The Bertz CT molecular complexity index is 846. The summed E-state index contributed by atoms with van der Waals surface area (Å²) in [4.78, 5) is 15.0. The number of allylic oxidation sites excluding steroid dienone is 1. The van der Waals surface area contributed by atoms with Crippen LogP contribution in [0.3, 0.4) is 0 Å². The average Bonchev–Trinajstić information content (AvgIpc) is 2.96. The first kappa shape index (κ1) is 13.1. The van der Waals surface area contributed by atoms with Crippen molar-refractivity contribution in [1.82, 2.24) is 4.98 Å². The van der Waals surface area contributed by atoms with Crippen LogP contribution < -0.4 is 0 Å². The SMILES string of the molecule is C/C(=C\C(=O)O)c1ccc(-c2ccc3ncccc3c2)o1. The Morgan fingerprint density at radius 2 is 2.10 bits per heavy atom. The van der Waals surface area contributed by atoms with Gasteiger partial charge in [0.05, 0.1) is 5.52 Å². The Balaban J connectivity index is 2.00. The molecule has 0 aliphatic rings. The predicted molar refractivity (Wildman–Crippen MR) is 80.7 cm³/mol. The molecule has 3 rings (SSSR count). The van der Waals surface area contributed by atoms with Gasteiger partial charge in [0.2, 0.25) is 0 Å². The van der Waals surface area contributed by atoms with Crippen LogP contribution in [0.1, 0.15) is 12.7 Å². The number of hydrogen-bond donors (Lipinski definition) is 1. The summed E-state index contributed by atoms with van der Waals surface area (Å²) in [7, 11) is 0. The topological polar surface area (TPSA) is 63.3 Å². The lowest BCUT2D eigenvalue weighted by Gasteiger charge is -2.01. The van der Waals surface area contributed by atoms with Gasteiger partial charge in [-0.2, -0.15) is 0 Å². The van der Waals surface area contributed by atoms with E-state index in [1.807, 2.05) is 36.4 Å². The molecule has 104 valence electrons. The minimum Gasteiger partial charge on any atom is -0.478 e. The van der Waals surface area contributed by atoms with E-state index in [0.29, 0.717) is 17.1 Å². The van der Waals surface area contributed by atoms with E-state index in [4.69, 9.17) is 9.52 Å². The average molecular weight is 279 g/mol. The van der Waals surface area contributed by atoms with Gasteiger partial charge in [-0.25, -0.2) is 4.79 Å². The molecule has 3 aromatic rings. The highest BCUT2D eigenvalue weighted by Crippen LogP contribution is 2.27. The van der Waals surface area contributed by atoms with Crippen molar-refractivity contribution in [1.29, 1.82) is 0 Å². The summed E-state index contributed by atoms with van der Waals surface area (Å²) in [6.45, 7) is 1.71. The maximum absolute atomic E-state index is 10.7. The molecule has 21 heavy (non-hydrogen) atoms. The molecule has 0 amide bonds. The lowest BCUT2D eigenvalue weighted by atomic mass is 10.1. The molecule has 0 unspecified atom stereocenters. The monoisotopic (exact) mass is 279 g/mol. The van der Waals surface area contributed by atoms with E-state index in [1.54, 1.807) is 19.2 Å². The van der Waals surface area contributed by atoms with Crippen LogP contribution in [0.4, 0.5) is 0 Å². The van der Waals surface area contributed by atoms with Gasteiger partial charge in [-0.15, -0.1) is 0 Å². The first-order valence-electron chi connectivity index (χ1n) is 6.50. The predicted octanol–water partition coefficient (Wildman–Crippen LogP) is 3.98.